The number of halogens is 3. The highest BCUT2D eigenvalue weighted by Crippen LogP contribution is 2.24. The van der Waals surface area contributed by atoms with Crippen molar-refractivity contribution in [3.63, 3.8) is 0 Å². The third-order valence-electron chi connectivity index (χ3n) is 0.602. The van der Waals surface area contributed by atoms with Gasteiger partial charge in [-0.1, -0.05) is 6.08 Å². The highest BCUT2D eigenvalue weighted by Gasteiger charge is 2.47. The van der Waals surface area contributed by atoms with Crippen LogP contribution < -0.4 is 0 Å². The van der Waals surface area contributed by atoms with Gasteiger partial charge in [0.1, 0.15) is 6.26 Å². The molecule has 0 aromatic rings. The standard InChI is InChI=1S/C4H5F3O3S/c1-2-3-10-11(8,9)4(5,6)7/h2-3H,1H3/b3-2-. The molecule has 0 aliphatic heterocycles. The van der Waals surface area contributed by atoms with E-state index in [1.165, 1.54) is 6.92 Å². The minimum atomic E-state index is -5.45. The summed E-state index contributed by atoms with van der Waals surface area (Å²) in [5.41, 5.74) is -5.35. The quantitative estimate of drug-likeness (QED) is 0.375. The molecule has 3 nitrogen and oxygen atoms in total. The third kappa shape index (κ3) is 2.79. The molecule has 7 heteroatoms. The van der Waals surface area contributed by atoms with Crippen molar-refractivity contribution in [2.45, 2.75) is 12.4 Å². The van der Waals surface area contributed by atoms with Crippen molar-refractivity contribution in [3.8, 4) is 0 Å². The highest BCUT2D eigenvalue weighted by molar-refractivity contribution is 7.87. The van der Waals surface area contributed by atoms with Crippen LogP contribution in [-0.4, -0.2) is 13.9 Å². The summed E-state index contributed by atoms with van der Waals surface area (Å²) in [6.45, 7) is 1.33. The van der Waals surface area contributed by atoms with Gasteiger partial charge in [0.25, 0.3) is 0 Å². The Labute approximate surface area is 61.6 Å². The SMILES string of the molecule is C/C=C\OS(=O)(=O)C(F)(F)F. The maximum absolute atomic E-state index is 11.4. The molecule has 0 bridgehead atoms. The lowest BCUT2D eigenvalue weighted by atomic mass is 10.8. The zero-order valence-electron chi connectivity index (χ0n) is 5.42. The van der Waals surface area contributed by atoms with Crippen LogP contribution in [0, 0.1) is 0 Å². The van der Waals surface area contributed by atoms with E-state index in [9.17, 15) is 21.6 Å². The summed E-state index contributed by atoms with van der Waals surface area (Å²) in [7, 11) is -5.45. The van der Waals surface area contributed by atoms with Crippen LogP contribution in [0.4, 0.5) is 13.2 Å². The van der Waals surface area contributed by atoms with Crippen LogP contribution >= 0.6 is 0 Å². The number of alkyl halides is 3. The van der Waals surface area contributed by atoms with E-state index in [4.69, 9.17) is 0 Å². The molecular formula is C4H5F3O3S. The molecule has 0 aliphatic carbocycles. The van der Waals surface area contributed by atoms with Gasteiger partial charge in [-0.3, -0.25) is 0 Å². The average Bonchev–Trinajstić information content (AvgIpc) is 1.81. The monoisotopic (exact) mass is 190 g/mol. The summed E-state index contributed by atoms with van der Waals surface area (Å²) >= 11 is 0. The normalized spacial score (nSPS) is 13.8. The zero-order chi connectivity index (χ0) is 9.12. The van der Waals surface area contributed by atoms with Gasteiger partial charge in [0.05, 0.1) is 0 Å². The van der Waals surface area contributed by atoms with E-state index >= 15 is 0 Å². The van der Waals surface area contributed by atoms with Gasteiger partial charge in [-0.15, -0.1) is 0 Å². The Morgan fingerprint density at radius 3 is 2.09 bits per heavy atom. The summed E-state index contributed by atoms with van der Waals surface area (Å²) < 4.78 is 57.7. The first-order valence-electron chi connectivity index (χ1n) is 2.42. The largest absolute Gasteiger partial charge is 0.534 e. The first-order chi connectivity index (χ1) is 4.81. The van der Waals surface area contributed by atoms with Crippen molar-refractivity contribution in [1.82, 2.24) is 0 Å². The summed E-state index contributed by atoms with van der Waals surface area (Å²) in [6.07, 6.45) is 1.48. The fraction of sp³-hybridized carbons (Fsp3) is 0.500. The zero-order valence-corrected chi connectivity index (χ0v) is 6.24. The molecule has 0 saturated carbocycles. The van der Waals surface area contributed by atoms with Crippen LogP contribution in [0.5, 0.6) is 0 Å². The molecular weight excluding hydrogens is 185 g/mol. The summed E-state index contributed by atoms with van der Waals surface area (Å²) in [5.74, 6) is 0. The van der Waals surface area contributed by atoms with Crippen LogP contribution in [0.2, 0.25) is 0 Å². The summed E-state index contributed by atoms with van der Waals surface area (Å²) in [4.78, 5) is 0. The Morgan fingerprint density at radius 1 is 1.36 bits per heavy atom. The van der Waals surface area contributed by atoms with Crippen molar-refractivity contribution >= 4 is 10.1 Å². The van der Waals surface area contributed by atoms with E-state index in [1.807, 2.05) is 0 Å². The van der Waals surface area contributed by atoms with Crippen LogP contribution in [0.15, 0.2) is 12.3 Å². The van der Waals surface area contributed by atoms with Crippen LogP contribution in [0.25, 0.3) is 0 Å². The molecule has 0 unspecified atom stereocenters. The average molecular weight is 190 g/mol. The molecule has 0 atom stereocenters. The predicted octanol–water partition coefficient (Wildman–Crippen LogP) is 1.39. The minimum absolute atomic E-state index is 0.447. The molecule has 11 heavy (non-hydrogen) atoms. The first kappa shape index (κ1) is 10.3. The van der Waals surface area contributed by atoms with Crippen molar-refractivity contribution < 1.29 is 25.8 Å². The molecule has 0 aliphatic rings. The molecule has 0 fully saturated rings. The molecule has 0 spiro atoms. The molecule has 0 amide bonds. The summed E-state index contributed by atoms with van der Waals surface area (Å²) in [5, 5.41) is 0. The second-order valence-corrected chi connectivity index (χ2v) is 3.03. The Hall–Kier alpha value is -0.720. The van der Waals surface area contributed by atoms with Crippen LogP contribution in [0.3, 0.4) is 0 Å². The Kier molecular flexibility index (Phi) is 2.92. The highest BCUT2D eigenvalue weighted by atomic mass is 32.2. The predicted molar refractivity (Wildman–Crippen MR) is 30.9 cm³/mol. The van der Waals surface area contributed by atoms with Crippen molar-refractivity contribution in [1.29, 1.82) is 0 Å². The van der Waals surface area contributed by atoms with E-state index in [1.54, 1.807) is 0 Å². The maximum Gasteiger partial charge on any atom is 0.534 e. The van der Waals surface area contributed by atoms with Crippen molar-refractivity contribution in [2.75, 3.05) is 0 Å². The molecule has 0 aromatic carbocycles. The lowest BCUT2D eigenvalue weighted by Gasteiger charge is -2.04. The van der Waals surface area contributed by atoms with Gasteiger partial charge in [-0.25, -0.2) is 0 Å². The van der Waals surface area contributed by atoms with Crippen molar-refractivity contribution in [3.05, 3.63) is 12.3 Å². The molecule has 0 saturated heterocycles. The third-order valence-corrected chi connectivity index (χ3v) is 1.53. The Balaban J connectivity index is 4.50. The maximum atomic E-state index is 11.4. The van der Waals surface area contributed by atoms with Crippen LogP contribution in [0.1, 0.15) is 6.92 Å². The second-order valence-electron chi connectivity index (χ2n) is 1.47. The minimum Gasteiger partial charge on any atom is -0.384 e. The fourth-order valence-electron chi connectivity index (χ4n) is 0.183. The lowest BCUT2D eigenvalue weighted by Crippen LogP contribution is -2.23. The van der Waals surface area contributed by atoms with E-state index in [0.717, 1.165) is 6.08 Å². The van der Waals surface area contributed by atoms with Gasteiger partial charge in [0.2, 0.25) is 0 Å². The van der Waals surface area contributed by atoms with E-state index < -0.39 is 15.6 Å². The van der Waals surface area contributed by atoms with Crippen molar-refractivity contribution in [2.24, 2.45) is 0 Å². The van der Waals surface area contributed by atoms with E-state index in [0.29, 0.717) is 6.26 Å². The van der Waals surface area contributed by atoms with Gasteiger partial charge >= 0.3 is 15.6 Å². The number of allylic oxidation sites excluding steroid dienone is 1. The van der Waals surface area contributed by atoms with Crippen LogP contribution in [-0.2, 0) is 14.3 Å². The van der Waals surface area contributed by atoms with Gasteiger partial charge in [0, 0.05) is 0 Å². The topological polar surface area (TPSA) is 43.4 Å². The number of rotatable bonds is 2. The van der Waals surface area contributed by atoms with Gasteiger partial charge in [-0.2, -0.15) is 21.6 Å². The Bertz CT molecular complexity index is 238. The molecule has 0 radical (unpaired) electrons. The molecule has 0 heterocycles. The van der Waals surface area contributed by atoms with E-state index in [-0.39, 0.29) is 0 Å². The summed E-state index contributed by atoms with van der Waals surface area (Å²) in [6, 6.07) is 0. The molecule has 66 valence electrons. The number of hydrogen-bond acceptors (Lipinski definition) is 3. The van der Waals surface area contributed by atoms with Gasteiger partial charge in [-0.05, 0) is 6.92 Å². The fourth-order valence-corrected chi connectivity index (χ4v) is 0.550. The second kappa shape index (κ2) is 3.12. The smallest absolute Gasteiger partial charge is 0.384 e. The number of hydrogen-bond donors (Lipinski definition) is 0. The molecule has 0 N–H and O–H groups in total. The van der Waals surface area contributed by atoms with Gasteiger partial charge < -0.3 is 4.18 Å². The molecule has 0 aromatic heterocycles. The van der Waals surface area contributed by atoms with Gasteiger partial charge in [0.15, 0.2) is 0 Å². The Morgan fingerprint density at radius 2 is 1.82 bits per heavy atom. The van der Waals surface area contributed by atoms with E-state index in [2.05, 4.69) is 4.18 Å². The lowest BCUT2D eigenvalue weighted by molar-refractivity contribution is -0.0514. The first-order valence-corrected chi connectivity index (χ1v) is 3.83. The molecule has 0 rings (SSSR count).